The molecule has 2 saturated heterocycles. The van der Waals surface area contributed by atoms with E-state index in [4.69, 9.17) is 16.0 Å². The van der Waals surface area contributed by atoms with Crippen LogP contribution in [0.25, 0.3) is 21.5 Å². The quantitative estimate of drug-likeness (QED) is 0.500. The third kappa shape index (κ3) is 4.19. The van der Waals surface area contributed by atoms with E-state index in [2.05, 4.69) is 69.4 Å². The number of anilines is 2. The molecule has 2 aromatic heterocycles. The Hall–Kier alpha value is -3.01. The summed E-state index contributed by atoms with van der Waals surface area (Å²) >= 11 is 0. The van der Waals surface area contributed by atoms with Gasteiger partial charge in [0.2, 0.25) is 0 Å². The van der Waals surface area contributed by atoms with Crippen LogP contribution >= 0.6 is 0 Å². The van der Waals surface area contributed by atoms with Gasteiger partial charge in [0.25, 0.3) is 0 Å². The second kappa shape index (κ2) is 9.46. The molecule has 3 aromatic rings. The molecule has 5 rings (SSSR count). The number of rotatable bonds is 5. The molecule has 0 N–H and O–H groups in total. The van der Waals surface area contributed by atoms with Crippen molar-refractivity contribution >= 4 is 22.7 Å². The van der Waals surface area contributed by atoms with Gasteiger partial charge in [-0.15, -0.1) is 0 Å². The second-order valence-corrected chi connectivity index (χ2v) is 8.89. The predicted octanol–water partition coefficient (Wildman–Crippen LogP) is 5.31. The van der Waals surface area contributed by atoms with Crippen LogP contribution in [0.15, 0.2) is 42.6 Å². The highest BCUT2D eigenvalue weighted by Crippen LogP contribution is 2.37. The van der Waals surface area contributed by atoms with Gasteiger partial charge in [0.05, 0.1) is 19.8 Å². The lowest BCUT2D eigenvalue weighted by Gasteiger charge is -2.37. The van der Waals surface area contributed by atoms with Gasteiger partial charge in [-0.25, -0.2) is 4.85 Å². The van der Waals surface area contributed by atoms with Crippen LogP contribution in [0.2, 0.25) is 0 Å². The first-order valence-electron chi connectivity index (χ1n) is 12.0. The van der Waals surface area contributed by atoms with Crippen molar-refractivity contribution in [3.8, 4) is 11.1 Å². The molecular weight excluding hydrogens is 412 g/mol. The molecule has 4 heterocycles. The maximum Gasteiger partial charge on any atom is 0.195 e. The molecule has 172 valence electrons. The third-order valence-corrected chi connectivity index (χ3v) is 7.02. The molecule has 0 atom stereocenters. The van der Waals surface area contributed by atoms with Crippen molar-refractivity contribution in [1.29, 1.82) is 0 Å². The molecule has 2 aliphatic heterocycles. The molecule has 1 aromatic carbocycles. The van der Waals surface area contributed by atoms with Crippen LogP contribution in [0.3, 0.4) is 0 Å². The van der Waals surface area contributed by atoms with Crippen molar-refractivity contribution in [2.45, 2.75) is 32.7 Å². The molecule has 0 saturated carbocycles. The number of hydrogen-bond donors (Lipinski definition) is 0. The van der Waals surface area contributed by atoms with Crippen LogP contribution in [-0.2, 0) is 9.47 Å². The van der Waals surface area contributed by atoms with E-state index in [-0.39, 0.29) is 0 Å². The van der Waals surface area contributed by atoms with Crippen molar-refractivity contribution in [3.63, 3.8) is 0 Å². The Morgan fingerprint density at radius 1 is 1.00 bits per heavy atom. The maximum atomic E-state index is 7.75. The second-order valence-electron chi connectivity index (χ2n) is 8.89. The highest BCUT2D eigenvalue weighted by Gasteiger charge is 2.25. The summed E-state index contributed by atoms with van der Waals surface area (Å²) in [5.41, 5.74) is 6.46. The fourth-order valence-electron chi connectivity index (χ4n) is 5.21. The minimum atomic E-state index is 0.435. The van der Waals surface area contributed by atoms with Crippen LogP contribution in [0.4, 0.5) is 17.2 Å². The standard InChI is InChI=1S/C27H32N4O2/c1-4-30(24-9-13-32-14-10-24)27-20(2)26(28-3)18-25-17-22(19-31(25)27)21-5-7-23(8-6-21)29-11-15-33-16-12-29/h5-8,17-19,24H,4,9-16H2,1-2H3. The minimum Gasteiger partial charge on any atom is -0.381 e. The smallest absolute Gasteiger partial charge is 0.195 e. The maximum absolute atomic E-state index is 7.75. The van der Waals surface area contributed by atoms with Crippen LogP contribution in [0.1, 0.15) is 25.3 Å². The fraction of sp³-hybridized carbons (Fsp3) is 0.444. The van der Waals surface area contributed by atoms with Gasteiger partial charge in [-0.3, -0.25) is 0 Å². The summed E-state index contributed by atoms with van der Waals surface area (Å²) in [5, 5.41) is 0. The molecule has 0 unspecified atom stereocenters. The van der Waals surface area contributed by atoms with E-state index in [0.717, 1.165) is 81.5 Å². The Morgan fingerprint density at radius 2 is 1.70 bits per heavy atom. The monoisotopic (exact) mass is 444 g/mol. The van der Waals surface area contributed by atoms with E-state index in [1.807, 2.05) is 6.07 Å². The van der Waals surface area contributed by atoms with Gasteiger partial charge in [-0.2, -0.15) is 0 Å². The van der Waals surface area contributed by atoms with E-state index >= 15 is 0 Å². The number of benzene rings is 1. The first kappa shape index (κ1) is 21.8. The Morgan fingerprint density at radius 3 is 2.36 bits per heavy atom. The van der Waals surface area contributed by atoms with Crippen molar-refractivity contribution in [2.75, 3.05) is 55.9 Å². The molecule has 6 heteroatoms. The normalized spacial score (nSPS) is 17.3. The molecule has 6 nitrogen and oxygen atoms in total. The van der Waals surface area contributed by atoms with E-state index in [9.17, 15) is 0 Å². The van der Waals surface area contributed by atoms with Crippen molar-refractivity contribution in [3.05, 3.63) is 59.6 Å². The molecule has 33 heavy (non-hydrogen) atoms. The average Bonchev–Trinajstić information content (AvgIpc) is 3.30. The van der Waals surface area contributed by atoms with Crippen LogP contribution in [0.5, 0.6) is 0 Å². The SMILES string of the molecule is [C-]#[N+]c1cc2cc(-c3ccc(N4CCOCC4)cc3)cn2c(N(CC)C2CCOCC2)c1C. The zero-order valence-corrected chi connectivity index (χ0v) is 19.6. The third-order valence-electron chi connectivity index (χ3n) is 7.02. The largest absolute Gasteiger partial charge is 0.381 e. The zero-order chi connectivity index (χ0) is 22.8. The molecule has 0 aliphatic carbocycles. The number of fused-ring (bicyclic) bond motifs is 1. The van der Waals surface area contributed by atoms with Crippen LogP contribution < -0.4 is 9.80 Å². The molecule has 2 fully saturated rings. The topological polar surface area (TPSA) is 33.7 Å². The number of morpholine rings is 1. The summed E-state index contributed by atoms with van der Waals surface area (Å²) in [7, 11) is 0. The Kier molecular flexibility index (Phi) is 6.26. The number of ether oxygens (including phenoxy) is 2. The molecule has 0 spiro atoms. The van der Waals surface area contributed by atoms with E-state index in [0.29, 0.717) is 6.04 Å². The van der Waals surface area contributed by atoms with Gasteiger partial charge in [-0.1, -0.05) is 12.1 Å². The van der Waals surface area contributed by atoms with Crippen LogP contribution in [0, 0.1) is 13.5 Å². The molecular formula is C27H32N4O2. The summed E-state index contributed by atoms with van der Waals surface area (Å²) in [5.74, 6) is 1.14. The first-order valence-corrected chi connectivity index (χ1v) is 12.0. The van der Waals surface area contributed by atoms with Gasteiger partial charge in [0.1, 0.15) is 5.82 Å². The number of hydrogen-bond acceptors (Lipinski definition) is 4. The van der Waals surface area contributed by atoms with Gasteiger partial charge < -0.3 is 23.7 Å². The molecule has 2 aliphatic rings. The summed E-state index contributed by atoms with van der Waals surface area (Å²) < 4.78 is 13.4. The van der Waals surface area contributed by atoms with Crippen molar-refractivity contribution < 1.29 is 9.47 Å². The lowest BCUT2D eigenvalue weighted by molar-refractivity contribution is 0.0844. The fourth-order valence-corrected chi connectivity index (χ4v) is 5.21. The van der Waals surface area contributed by atoms with E-state index in [1.165, 1.54) is 16.8 Å². The molecule has 0 radical (unpaired) electrons. The predicted molar refractivity (Wildman–Crippen MR) is 134 cm³/mol. The number of aromatic nitrogens is 1. The summed E-state index contributed by atoms with van der Waals surface area (Å²) in [6.45, 7) is 18.0. The van der Waals surface area contributed by atoms with E-state index in [1.54, 1.807) is 0 Å². The number of nitrogens with zero attached hydrogens (tertiary/aromatic N) is 4. The molecule has 0 bridgehead atoms. The van der Waals surface area contributed by atoms with Crippen molar-refractivity contribution in [2.24, 2.45) is 0 Å². The minimum absolute atomic E-state index is 0.435. The Bertz CT molecular complexity index is 1150. The summed E-state index contributed by atoms with van der Waals surface area (Å²) in [4.78, 5) is 8.71. The Balaban J connectivity index is 1.54. The highest BCUT2D eigenvalue weighted by atomic mass is 16.5. The van der Waals surface area contributed by atoms with E-state index < -0.39 is 0 Å². The average molecular weight is 445 g/mol. The number of pyridine rings is 1. The van der Waals surface area contributed by atoms with Crippen LogP contribution in [-0.4, -0.2) is 56.5 Å². The van der Waals surface area contributed by atoms with Gasteiger partial charge in [-0.05, 0) is 62.1 Å². The summed E-state index contributed by atoms with van der Waals surface area (Å²) in [6.07, 6.45) is 4.28. The Labute approximate surface area is 196 Å². The first-order chi connectivity index (χ1) is 16.2. The van der Waals surface area contributed by atoms with Crippen molar-refractivity contribution in [1.82, 2.24) is 4.40 Å². The highest BCUT2D eigenvalue weighted by molar-refractivity contribution is 5.79. The van der Waals surface area contributed by atoms with Gasteiger partial charge >= 0.3 is 0 Å². The lowest BCUT2D eigenvalue weighted by Crippen LogP contribution is -2.40. The zero-order valence-electron chi connectivity index (χ0n) is 19.6. The van der Waals surface area contributed by atoms with Gasteiger partial charge in [0, 0.05) is 61.9 Å². The van der Waals surface area contributed by atoms with Gasteiger partial charge in [0.15, 0.2) is 5.69 Å². The molecule has 0 amide bonds. The lowest BCUT2D eigenvalue weighted by atomic mass is 10.1. The summed E-state index contributed by atoms with van der Waals surface area (Å²) in [6, 6.07) is 13.5.